The molecule has 0 heterocycles. The third kappa shape index (κ3) is 11.8. The summed E-state index contributed by atoms with van der Waals surface area (Å²) in [5.41, 5.74) is 1.51. The average Bonchev–Trinajstić information content (AvgIpc) is 3.20. The van der Waals surface area contributed by atoms with Crippen LogP contribution in [-0.2, 0) is 20.0 Å². The van der Waals surface area contributed by atoms with E-state index < -0.39 is 44.2 Å². The van der Waals surface area contributed by atoms with Crippen molar-refractivity contribution in [3.8, 4) is 0 Å². The van der Waals surface area contributed by atoms with Gasteiger partial charge in [0.05, 0.1) is 11.4 Å². The van der Waals surface area contributed by atoms with Gasteiger partial charge in [0.25, 0.3) is 20.0 Å². The average molecular weight is 851 g/mol. The molecule has 0 saturated heterocycles. The molecule has 0 aliphatic heterocycles. The number of carbonyl (C=O) groups excluding carboxylic acids is 4. The molecule has 0 unspecified atom stereocenters. The van der Waals surface area contributed by atoms with Gasteiger partial charge < -0.3 is 31.9 Å². The molecule has 0 aliphatic carbocycles. The quantitative estimate of drug-likeness (QED) is 0.0593. The summed E-state index contributed by atoms with van der Waals surface area (Å²) < 4.78 is 56.4. The Morgan fingerprint density at radius 3 is 1.02 bits per heavy atom. The molecule has 8 amide bonds. The number of amides is 8. The maximum Gasteiger partial charge on any atom is 0.333 e. The highest BCUT2D eigenvalue weighted by atomic mass is 32.2. The fourth-order valence-electron chi connectivity index (χ4n) is 5.24. The molecular formula is C40H34N8O8S3. The standard InChI is InChI=1S/C40H34N8O8S3/c49-37(41-27-11-3-1-4-12-27)45-33-15-7-9-17-35(33)58(53,54)47-39(51)43-29-19-23-31(24-20-29)57-32-25-21-30(22-26-32)44-40(52)48-59(55,56)36-18-10-8-16-34(36)46-38(50)42-28-13-5-2-6-14-28/h1-26H,(H2,41,45,49)(H2,42,46,50)(H2,43,47,51)(H2,44,48,52). The second kappa shape index (κ2) is 18.7. The summed E-state index contributed by atoms with van der Waals surface area (Å²) in [4.78, 5) is 51.3. The number of rotatable bonds is 12. The van der Waals surface area contributed by atoms with Crippen LogP contribution in [0.3, 0.4) is 0 Å². The van der Waals surface area contributed by atoms with Crippen LogP contribution in [0.5, 0.6) is 0 Å². The fraction of sp³-hybridized carbons (Fsp3) is 0. The van der Waals surface area contributed by atoms with Crippen LogP contribution in [-0.4, -0.2) is 41.0 Å². The van der Waals surface area contributed by atoms with Gasteiger partial charge in [-0.3, -0.25) is 0 Å². The molecule has 0 saturated carbocycles. The molecule has 0 fully saturated rings. The maximum absolute atomic E-state index is 13.1. The molecule has 0 bridgehead atoms. The van der Waals surface area contributed by atoms with Crippen molar-refractivity contribution in [2.45, 2.75) is 19.6 Å². The Hall–Kier alpha value is -7.35. The summed E-state index contributed by atoms with van der Waals surface area (Å²) in [6, 6.07) is 38.1. The minimum Gasteiger partial charge on any atom is -0.308 e. The molecule has 59 heavy (non-hydrogen) atoms. The number of nitrogens with one attached hydrogen (secondary N) is 8. The first-order valence-electron chi connectivity index (χ1n) is 17.3. The van der Waals surface area contributed by atoms with Crippen molar-refractivity contribution in [3.05, 3.63) is 158 Å². The van der Waals surface area contributed by atoms with Crippen molar-refractivity contribution >= 4 is 90.1 Å². The van der Waals surface area contributed by atoms with Crippen LogP contribution >= 0.6 is 11.8 Å². The zero-order chi connectivity index (χ0) is 41.8. The van der Waals surface area contributed by atoms with E-state index in [1.54, 1.807) is 109 Å². The number of anilines is 6. The number of hydrogen-bond donors (Lipinski definition) is 8. The molecule has 6 rings (SSSR count). The van der Waals surface area contributed by atoms with Gasteiger partial charge in [-0.2, -0.15) is 0 Å². The number of urea groups is 4. The van der Waals surface area contributed by atoms with Crippen LogP contribution in [0.4, 0.5) is 53.3 Å². The maximum atomic E-state index is 13.1. The minimum absolute atomic E-state index is 0.0411. The van der Waals surface area contributed by atoms with Gasteiger partial charge in [0.2, 0.25) is 0 Å². The highest BCUT2D eigenvalue weighted by Crippen LogP contribution is 2.30. The van der Waals surface area contributed by atoms with E-state index in [9.17, 15) is 36.0 Å². The normalized spacial score (nSPS) is 11.0. The number of sulfonamides is 2. The van der Waals surface area contributed by atoms with Crippen LogP contribution in [0.25, 0.3) is 0 Å². The Morgan fingerprint density at radius 2 is 0.644 bits per heavy atom. The van der Waals surface area contributed by atoms with Gasteiger partial charge in [0.1, 0.15) is 9.79 Å². The summed E-state index contributed by atoms with van der Waals surface area (Å²) >= 11 is 1.34. The van der Waals surface area contributed by atoms with Crippen molar-refractivity contribution in [2.24, 2.45) is 0 Å². The monoisotopic (exact) mass is 850 g/mol. The minimum atomic E-state index is -4.41. The lowest BCUT2D eigenvalue weighted by atomic mass is 10.3. The van der Waals surface area contributed by atoms with Gasteiger partial charge in [0, 0.05) is 32.5 Å². The predicted octanol–water partition coefficient (Wildman–Crippen LogP) is 8.15. The molecule has 6 aromatic rings. The molecule has 16 nitrogen and oxygen atoms in total. The van der Waals surface area contributed by atoms with Gasteiger partial charge in [-0.1, -0.05) is 72.4 Å². The molecule has 0 radical (unpaired) electrons. The van der Waals surface area contributed by atoms with Crippen molar-refractivity contribution in [3.63, 3.8) is 0 Å². The third-order valence-corrected chi connectivity index (χ3v) is 11.6. The SMILES string of the molecule is O=C(Nc1ccccc1)Nc1ccccc1S(=O)(=O)NC(=O)Nc1ccc(Sc2ccc(NC(=O)NS(=O)(=O)c3ccccc3NC(=O)Nc3ccccc3)cc2)cc1. The largest absolute Gasteiger partial charge is 0.333 e. The Kier molecular flexibility index (Phi) is 13.1. The van der Waals surface area contributed by atoms with Crippen molar-refractivity contribution in [2.75, 3.05) is 31.9 Å². The summed E-state index contributed by atoms with van der Waals surface area (Å²) in [5, 5.41) is 15.1. The lowest BCUT2D eigenvalue weighted by Crippen LogP contribution is -2.35. The number of carbonyl (C=O) groups is 4. The van der Waals surface area contributed by atoms with E-state index in [2.05, 4.69) is 31.9 Å². The predicted molar refractivity (Wildman–Crippen MR) is 227 cm³/mol. The first-order valence-corrected chi connectivity index (χ1v) is 21.1. The van der Waals surface area contributed by atoms with E-state index in [0.29, 0.717) is 22.7 Å². The lowest BCUT2D eigenvalue weighted by Gasteiger charge is -2.14. The van der Waals surface area contributed by atoms with Crippen molar-refractivity contribution < 1.29 is 36.0 Å². The molecule has 300 valence electrons. The number of benzene rings is 6. The molecule has 8 N–H and O–H groups in total. The van der Waals surface area contributed by atoms with Crippen molar-refractivity contribution in [1.82, 2.24) is 9.44 Å². The zero-order valence-electron chi connectivity index (χ0n) is 30.5. The Balaban J connectivity index is 0.989. The second-order valence-electron chi connectivity index (χ2n) is 12.2. The van der Waals surface area contributed by atoms with Gasteiger partial charge in [-0.05, 0) is 97.1 Å². The Labute approximate surface area is 343 Å². The molecule has 0 aromatic heterocycles. The van der Waals surface area contributed by atoms with Crippen LogP contribution in [0.15, 0.2) is 177 Å². The molecular weight excluding hydrogens is 817 g/mol. The molecule has 19 heteroatoms. The van der Waals surface area contributed by atoms with E-state index in [1.165, 1.54) is 60.3 Å². The summed E-state index contributed by atoms with van der Waals surface area (Å²) in [5.74, 6) is 0. The van der Waals surface area contributed by atoms with Crippen LogP contribution in [0, 0.1) is 0 Å². The van der Waals surface area contributed by atoms with Gasteiger partial charge in [-0.25, -0.2) is 45.5 Å². The first kappa shape index (κ1) is 41.3. The van der Waals surface area contributed by atoms with Gasteiger partial charge >= 0.3 is 24.1 Å². The topological polar surface area (TPSA) is 233 Å². The highest BCUT2D eigenvalue weighted by molar-refractivity contribution is 7.99. The first-order chi connectivity index (χ1) is 28.3. The zero-order valence-corrected chi connectivity index (χ0v) is 33.0. The molecule has 0 atom stereocenters. The summed E-state index contributed by atoms with van der Waals surface area (Å²) in [7, 11) is -8.82. The summed E-state index contributed by atoms with van der Waals surface area (Å²) in [6.07, 6.45) is 0. The number of para-hydroxylation sites is 4. The van der Waals surface area contributed by atoms with Crippen molar-refractivity contribution in [1.29, 1.82) is 0 Å². The third-order valence-electron chi connectivity index (χ3n) is 7.83. The smallest absolute Gasteiger partial charge is 0.308 e. The van der Waals surface area contributed by atoms with Crippen LogP contribution in [0.2, 0.25) is 0 Å². The number of hydrogen-bond acceptors (Lipinski definition) is 9. The highest BCUT2D eigenvalue weighted by Gasteiger charge is 2.24. The van der Waals surface area contributed by atoms with E-state index in [4.69, 9.17) is 0 Å². The molecule has 0 aliphatic rings. The van der Waals surface area contributed by atoms with E-state index in [1.807, 2.05) is 9.44 Å². The van der Waals surface area contributed by atoms with Gasteiger partial charge in [-0.15, -0.1) is 0 Å². The molecule has 0 spiro atoms. The Morgan fingerprint density at radius 1 is 0.339 bits per heavy atom. The van der Waals surface area contributed by atoms with E-state index >= 15 is 0 Å². The molecule has 6 aromatic carbocycles. The van der Waals surface area contributed by atoms with Crippen LogP contribution < -0.4 is 41.3 Å². The Bertz CT molecular complexity index is 2500. The lowest BCUT2D eigenvalue weighted by molar-refractivity contribution is 0.255. The van der Waals surface area contributed by atoms with E-state index in [0.717, 1.165) is 9.79 Å². The summed E-state index contributed by atoms with van der Waals surface area (Å²) in [6.45, 7) is 0. The van der Waals surface area contributed by atoms with Crippen LogP contribution in [0.1, 0.15) is 0 Å². The van der Waals surface area contributed by atoms with Gasteiger partial charge in [0.15, 0.2) is 0 Å². The van der Waals surface area contributed by atoms with E-state index in [-0.39, 0.29) is 21.2 Å². The second-order valence-corrected chi connectivity index (χ2v) is 16.6. The fourth-order valence-corrected chi connectivity index (χ4v) is 8.20.